The monoisotopic (exact) mass is 242 g/mol. The molecule has 0 atom stereocenters. The van der Waals surface area contributed by atoms with E-state index in [1.165, 1.54) is 0 Å². The summed E-state index contributed by atoms with van der Waals surface area (Å²) in [4.78, 5) is 0. The van der Waals surface area contributed by atoms with Gasteiger partial charge in [0.05, 0.1) is 0 Å². The van der Waals surface area contributed by atoms with Gasteiger partial charge < -0.3 is 0 Å². The molecule has 0 aliphatic heterocycles. The topological polar surface area (TPSA) is 0 Å². The second kappa shape index (κ2) is 7.67. The zero-order chi connectivity index (χ0) is 12.8. The molecule has 0 saturated carbocycles. The van der Waals surface area contributed by atoms with Crippen molar-refractivity contribution in [1.29, 1.82) is 0 Å². The van der Waals surface area contributed by atoms with Gasteiger partial charge >= 0.3 is 0 Å². The molecule has 0 aliphatic rings. The summed E-state index contributed by atoms with van der Waals surface area (Å²) >= 11 is 0. The number of hydrogen-bond donors (Lipinski definition) is 0. The number of rotatable bonds is 2. The van der Waals surface area contributed by atoms with Crippen molar-refractivity contribution in [2.24, 2.45) is 11.8 Å². The summed E-state index contributed by atoms with van der Waals surface area (Å²) in [5.41, 5.74) is 0.676. The van der Waals surface area contributed by atoms with E-state index in [9.17, 15) is 0 Å². The van der Waals surface area contributed by atoms with Crippen LogP contribution in [0.4, 0.5) is 0 Å². The molecule has 0 aliphatic carbocycles. The first-order chi connectivity index (χ1) is 6.50. The molecule has 15 heavy (non-hydrogen) atoms. The molecule has 0 fully saturated rings. The fourth-order valence-electron chi connectivity index (χ4n) is 0.770. The molecule has 90 valence electrons. The molecule has 0 bridgehead atoms. The van der Waals surface area contributed by atoms with E-state index in [1.54, 1.807) is 0 Å². The minimum atomic E-state index is -0.0502. The summed E-state index contributed by atoms with van der Waals surface area (Å²) in [6, 6.07) is 0. The van der Waals surface area contributed by atoms with Gasteiger partial charge in [-0.1, -0.05) is 61.6 Å². The third-order valence-electron chi connectivity index (χ3n) is 2.94. The molecule has 2 heteroatoms. The third kappa shape index (κ3) is 10.7. The summed E-state index contributed by atoms with van der Waals surface area (Å²) < 4.78 is 0. The molecule has 0 aromatic carbocycles. The Morgan fingerprint density at radius 3 is 1.07 bits per heavy atom. The molecule has 0 N–H and O–H groups in total. The molecular weight excluding hydrogens is 212 g/mol. The molecule has 0 saturated heterocycles. The Labute approximate surface area is 103 Å². The van der Waals surface area contributed by atoms with E-state index in [0.717, 1.165) is 11.8 Å². The average Bonchev–Trinajstić information content (AvgIpc) is 2.01. The largest absolute Gasteiger partial charge is 0.0709 e. The molecule has 0 nitrogen and oxygen atoms in total. The van der Waals surface area contributed by atoms with Gasteiger partial charge in [0.1, 0.15) is 0 Å². The highest BCUT2D eigenvalue weighted by atomic mass is 28.3. The maximum Gasteiger partial charge on any atom is 0.0470 e. The third-order valence-corrected chi connectivity index (χ3v) is 7.27. The van der Waals surface area contributed by atoms with Crippen LogP contribution in [-0.4, -0.2) is 19.0 Å². The van der Waals surface area contributed by atoms with Gasteiger partial charge in [0.25, 0.3) is 0 Å². The van der Waals surface area contributed by atoms with Gasteiger partial charge in [-0.15, -0.1) is 0 Å². The van der Waals surface area contributed by atoms with E-state index in [1.807, 2.05) is 0 Å². The van der Waals surface area contributed by atoms with Crippen molar-refractivity contribution in [2.45, 2.75) is 72.1 Å². The predicted octanol–water partition coefficient (Wildman–Crippen LogP) is 4.80. The van der Waals surface area contributed by atoms with E-state index in [-0.39, 0.29) is 8.80 Å². The summed E-state index contributed by atoms with van der Waals surface area (Å²) in [6.45, 7) is 20.6. The highest BCUT2D eigenvalue weighted by molar-refractivity contribution is 6.59. The summed E-state index contributed by atoms with van der Waals surface area (Å²) in [7, 11) is 3.60. The smallest absolute Gasteiger partial charge is 0.0470 e. The van der Waals surface area contributed by atoms with E-state index in [4.69, 9.17) is 0 Å². The van der Waals surface area contributed by atoms with Crippen LogP contribution in [0.3, 0.4) is 0 Å². The van der Waals surface area contributed by atoms with Gasteiger partial charge in [0, 0.05) is 19.0 Å². The lowest BCUT2D eigenvalue weighted by molar-refractivity contribution is 0.469. The first-order valence-electron chi connectivity index (χ1n) is 6.01. The predicted molar refractivity (Wildman–Crippen MR) is 76.4 cm³/mol. The van der Waals surface area contributed by atoms with Crippen LogP contribution >= 0.6 is 0 Å². The average molecular weight is 243 g/mol. The van der Waals surface area contributed by atoms with Crippen LogP contribution in [0.15, 0.2) is 0 Å². The van der Waals surface area contributed by atoms with Gasteiger partial charge in [-0.05, 0) is 22.4 Å². The molecule has 0 heterocycles. The molecule has 0 unspecified atom stereocenters. The number of hydrogen-bond acceptors (Lipinski definition) is 0. The molecule has 0 rings (SSSR count). The van der Waals surface area contributed by atoms with Crippen molar-refractivity contribution in [1.82, 2.24) is 0 Å². The zero-order valence-corrected chi connectivity index (χ0v) is 14.2. The fourth-order valence-corrected chi connectivity index (χ4v) is 0.770. The SMILES string of the molecule is CC(C)C([Si])C(C)C.C[Si](C)C(C)(C)C. The van der Waals surface area contributed by atoms with Crippen LogP contribution in [0.1, 0.15) is 48.5 Å². The van der Waals surface area contributed by atoms with Crippen LogP contribution in [0, 0.1) is 11.8 Å². The summed E-state index contributed by atoms with van der Waals surface area (Å²) in [5.74, 6) is 1.51. The van der Waals surface area contributed by atoms with Crippen molar-refractivity contribution >= 4 is 19.0 Å². The van der Waals surface area contributed by atoms with E-state index >= 15 is 0 Å². The van der Waals surface area contributed by atoms with E-state index < -0.39 is 0 Å². The van der Waals surface area contributed by atoms with Crippen molar-refractivity contribution in [3.05, 3.63) is 0 Å². The Kier molecular flexibility index (Phi) is 9.11. The van der Waals surface area contributed by atoms with Gasteiger partial charge in [-0.25, -0.2) is 0 Å². The van der Waals surface area contributed by atoms with Crippen LogP contribution in [0.25, 0.3) is 0 Å². The van der Waals surface area contributed by atoms with Gasteiger partial charge in [-0.2, -0.15) is 0 Å². The highest BCUT2D eigenvalue weighted by Gasteiger charge is 2.15. The van der Waals surface area contributed by atoms with Crippen LogP contribution in [0.5, 0.6) is 0 Å². The first kappa shape index (κ1) is 17.8. The maximum absolute atomic E-state index is 3.65. The molecular formula is C13H30Si2. The van der Waals surface area contributed by atoms with Crippen LogP contribution in [-0.2, 0) is 0 Å². The lowest BCUT2D eigenvalue weighted by Gasteiger charge is -2.20. The molecule has 0 amide bonds. The quantitative estimate of drug-likeness (QED) is 0.610. The van der Waals surface area contributed by atoms with E-state index in [2.05, 4.69) is 71.8 Å². The lowest BCUT2D eigenvalue weighted by Crippen LogP contribution is -2.16. The normalized spacial score (nSPS) is 12.4. The molecule has 0 aromatic heterocycles. The molecule has 0 spiro atoms. The Hall–Kier alpha value is 0.434. The van der Waals surface area contributed by atoms with Gasteiger partial charge in [0.2, 0.25) is 0 Å². The minimum Gasteiger partial charge on any atom is -0.0709 e. The highest BCUT2D eigenvalue weighted by Crippen LogP contribution is 2.25. The lowest BCUT2D eigenvalue weighted by atomic mass is 10.00. The fraction of sp³-hybridized carbons (Fsp3) is 1.00. The first-order valence-corrected chi connectivity index (χ1v) is 9.09. The maximum atomic E-state index is 3.65. The molecule has 0 aromatic rings. The minimum absolute atomic E-state index is 0.0502. The Morgan fingerprint density at radius 1 is 0.867 bits per heavy atom. The van der Waals surface area contributed by atoms with Crippen molar-refractivity contribution < 1.29 is 0 Å². The summed E-state index contributed by atoms with van der Waals surface area (Å²) in [5, 5.41) is 0.602. The van der Waals surface area contributed by atoms with Crippen molar-refractivity contribution in [3.63, 3.8) is 0 Å². The van der Waals surface area contributed by atoms with Crippen LogP contribution in [0.2, 0.25) is 23.7 Å². The molecule has 4 radical (unpaired) electrons. The van der Waals surface area contributed by atoms with Crippen LogP contribution < -0.4 is 0 Å². The van der Waals surface area contributed by atoms with Gasteiger partial charge in [0.15, 0.2) is 0 Å². The second-order valence-electron chi connectivity index (χ2n) is 6.26. The van der Waals surface area contributed by atoms with E-state index in [0.29, 0.717) is 10.6 Å². The zero-order valence-electron chi connectivity index (χ0n) is 12.2. The Bertz CT molecular complexity index is 135. The Balaban J connectivity index is 0. The van der Waals surface area contributed by atoms with Crippen molar-refractivity contribution in [3.8, 4) is 0 Å². The second-order valence-corrected chi connectivity index (χ2v) is 10.4. The van der Waals surface area contributed by atoms with Crippen molar-refractivity contribution in [2.75, 3.05) is 0 Å². The summed E-state index contributed by atoms with van der Waals surface area (Å²) in [6.07, 6.45) is 0. The van der Waals surface area contributed by atoms with Gasteiger partial charge in [-0.3, -0.25) is 0 Å². The Morgan fingerprint density at radius 2 is 1.07 bits per heavy atom. The standard InChI is InChI=1S/C7H15Si.C6H15Si/c1-5(2)7(8)6(3)4;1-6(2,3)7(4)5/h5-7H,1-4H3;1-5H3.